The molecule has 4 heterocycles. The molecule has 4 aromatic rings. The molecule has 2 aromatic heterocycles. The predicted molar refractivity (Wildman–Crippen MR) is 143 cm³/mol. The second-order valence-corrected chi connectivity index (χ2v) is 11.1. The highest BCUT2D eigenvalue weighted by molar-refractivity contribution is 6.31. The van der Waals surface area contributed by atoms with E-state index in [0.29, 0.717) is 58.7 Å². The van der Waals surface area contributed by atoms with Crippen molar-refractivity contribution >= 4 is 40.2 Å². The number of anilines is 1. The highest BCUT2D eigenvalue weighted by atomic mass is 35.5. The molecule has 0 saturated heterocycles. The van der Waals surface area contributed by atoms with Crippen molar-refractivity contribution in [2.75, 3.05) is 25.1 Å². The second kappa shape index (κ2) is 8.87. The van der Waals surface area contributed by atoms with Crippen molar-refractivity contribution in [2.45, 2.75) is 45.2 Å². The van der Waals surface area contributed by atoms with Crippen LogP contribution >= 0.6 is 11.6 Å². The van der Waals surface area contributed by atoms with E-state index in [1.807, 2.05) is 51.1 Å². The molecule has 2 aliphatic heterocycles. The first-order valence-electron chi connectivity index (χ1n) is 12.6. The van der Waals surface area contributed by atoms with Gasteiger partial charge in [0.2, 0.25) is 5.89 Å². The normalized spacial score (nSPS) is 17.9. The number of hydrogen-bond acceptors (Lipinski definition) is 6. The summed E-state index contributed by atoms with van der Waals surface area (Å²) < 4.78 is 13.7. The third kappa shape index (κ3) is 4.01. The minimum absolute atomic E-state index is 0.0190. The number of ether oxygens (including phenoxy) is 1. The molecule has 0 radical (unpaired) electrons. The molecule has 196 valence electrons. The highest BCUT2D eigenvalue weighted by Gasteiger charge is 2.41. The van der Waals surface area contributed by atoms with E-state index in [9.17, 15) is 9.59 Å². The summed E-state index contributed by atoms with van der Waals surface area (Å²) in [4.78, 5) is 34.9. The van der Waals surface area contributed by atoms with Crippen LogP contribution in [0.15, 0.2) is 46.9 Å². The van der Waals surface area contributed by atoms with Crippen LogP contribution in [0.2, 0.25) is 5.15 Å². The molecular formula is C28H28ClN5O4. The molecule has 10 heteroatoms. The van der Waals surface area contributed by atoms with Crippen molar-refractivity contribution in [3.63, 3.8) is 0 Å². The Morgan fingerprint density at radius 3 is 2.63 bits per heavy atom. The summed E-state index contributed by atoms with van der Waals surface area (Å²) in [5.41, 5.74) is 3.57. The van der Waals surface area contributed by atoms with Crippen molar-refractivity contribution in [1.29, 1.82) is 0 Å². The van der Waals surface area contributed by atoms with E-state index in [4.69, 9.17) is 20.8 Å². The number of benzene rings is 2. The predicted octanol–water partition coefficient (Wildman–Crippen LogP) is 4.45. The summed E-state index contributed by atoms with van der Waals surface area (Å²) in [5, 5.41) is 5.00. The van der Waals surface area contributed by atoms with Crippen LogP contribution in [0.3, 0.4) is 0 Å². The Hall–Kier alpha value is -3.85. The zero-order valence-corrected chi connectivity index (χ0v) is 22.5. The first-order valence-corrected chi connectivity index (χ1v) is 12.9. The van der Waals surface area contributed by atoms with Gasteiger partial charge < -0.3 is 19.0 Å². The Morgan fingerprint density at radius 1 is 1.13 bits per heavy atom. The third-order valence-corrected chi connectivity index (χ3v) is 7.51. The number of hydrogen-bond donors (Lipinski definition) is 0. The molecule has 38 heavy (non-hydrogen) atoms. The van der Waals surface area contributed by atoms with Crippen LogP contribution in [0.4, 0.5) is 5.69 Å². The fourth-order valence-electron chi connectivity index (χ4n) is 4.95. The standard InChI is InChI=1S/C28H28ClN5O4/c1-28(2,3)27-30-18-12-22-19(13-21(18)38-27)32(4)25(35)20(15-37-22)33-11-10-17-23(26(33)36)31-34(24(17)29)14-16-8-6-5-7-9-16/h5-9,12-13,20H,10-11,14-15H2,1-4H3/t20-/m0/s1. The van der Waals surface area contributed by atoms with Crippen molar-refractivity contribution in [1.82, 2.24) is 19.7 Å². The maximum atomic E-state index is 13.6. The van der Waals surface area contributed by atoms with E-state index in [-0.39, 0.29) is 29.5 Å². The van der Waals surface area contributed by atoms with Gasteiger partial charge in [0.25, 0.3) is 11.8 Å². The lowest BCUT2D eigenvalue weighted by Crippen LogP contribution is -2.54. The minimum atomic E-state index is -0.810. The minimum Gasteiger partial charge on any atom is -0.489 e. The number of oxazole rings is 1. The summed E-state index contributed by atoms with van der Waals surface area (Å²) in [5.74, 6) is 0.557. The van der Waals surface area contributed by atoms with Gasteiger partial charge in [-0.15, -0.1) is 0 Å². The van der Waals surface area contributed by atoms with Crippen LogP contribution in [0.25, 0.3) is 11.1 Å². The molecule has 0 aliphatic carbocycles. The third-order valence-electron chi connectivity index (χ3n) is 7.08. The molecule has 0 N–H and O–H groups in total. The van der Waals surface area contributed by atoms with Crippen molar-refractivity contribution in [2.24, 2.45) is 0 Å². The van der Waals surface area contributed by atoms with Crippen LogP contribution in [-0.4, -0.2) is 57.7 Å². The van der Waals surface area contributed by atoms with Gasteiger partial charge in [0.1, 0.15) is 29.1 Å². The molecular weight excluding hydrogens is 506 g/mol. The van der Waals surface area contributed by atoms with Crippen LogP contribution in [-0.2, 0) is 23.2 Å². The fourth-order valence-corrected chi connectivity index (χ4v) is 5.23. The first kappa shape index (κ1) is 24.5. The molecule has 0 saturated carbocycles. The molecule has 0 spiro atoms. The zero-order chi connectivity index (χ0) is 26.8. The highest BCUT2D eigenvalue weighted by Crippen LogP contribution is 2.38. The summed E-state index contributed by atoms with van der Waals surface area (Å²) in [6.45, 7) is 6.89. The lowest BCUT2D eigenvalue weighted by atomic mass is 9.97. The van der Waals surface area contributed by atoms with E-state index in [0.717, 1.165) is 5.56 Å². The quantitative estimate of drug-likeness (QED) is 0.386. The lowest BCUT2D eigenvalue weighted by Gasteiger charge is -2.33. The van der Waals surface area contributed by atoms with Gasteiger partial charge in [-0.2, -0.15) is 5.10 Å². The van der Waals surface area contributed by atoms with Crippen LogP contribution in [0.5, 0.6) is 5.75 Å². The van der Waals surface area contributed by atoms with Crippen LogP contribution in [0.1, 0.15) is 48.3 Å². The number of fused-ring (bicyclic) bond motifs is 3. The van der Waals surface area contributed by atoms with Gasteiger partial charge in [-0.25, -0.2) is 9.67 Å². The number of amides is 2. The van der Waals surface area contributed by atoms with E-state index in [1.165, 1.54) is 4.90 Å². The first-order chi connectivity index (χ1) is 18.1. The molecule has 1 atom stereocenters. The molecule has 0 bridgehead atoms. The number of carbonyl (C=O) groups is 2. The smallest absolute Gasteiger partial charge is 0.275 e. The molecule has 9 nitrogen and oxygen atoms in total. The SMILES string of the molecule is CN1C(=O)[C@@H](N2CCc3c(nn(Cc4ccccc4)c3Cl)C2=O)COc2cc3nc(C(C)(C)C)oc3cc21. The number of halogens is 1. The van der Waals surface area contributed by atoms with Crippen molar-refractivity contribution in [3.8, 4) is 5.75 Å². The molecule has 2 aliphatic rings. The summed E-state index contributed by atoms with van der Waals surface area (Å²) in [6.07, 6.45) is 0.502. The van der Waals surface area contributed by atoms with E-state index in [1.54, 1.807) is 28.8 Å². The largest absolute Gasteiger partial charge is 0.489 e. The van der Waals surface area contributed by atoms with Gasteiger partial charge in [0.05, 0.1) is 12.2 Å². The van der Waals surface area contributed by atoms with Gasteiger partial charge in [-0.3, -0.25) is 9.59 Å². The number of likely N-dealkylation sites (N-methyl/N-ethyl adjacent to an activating group) is 1. The van der Waals surface area contributed by atoms with Crippen LogP contribution in [0, 0.1) is 0 Å². The Kier molecular flexibility index (Phi) is 5.72. The maximum Gasteiger partial charge on any atom is 0.275 e. The van der Waals surface area contributed by atoms with E-state index < -0.39 is 6.04 Å². The Bertz CT molecular complexity index is 1570. The second-order valence-electron chi connectivity index (χ2n) is 10.8. The summed E-state index contributed by atoms with van der Waals surface area (Å²) in [7, 11) is 1.68. The van der Waals surface area contributed by atoms with Crippen molar-refractivity contribution in [3.05, 3.63) is 70.3 Å². The molecule has 0 fully saturated rings. The number of rotatable bonds is 3. The average molecular weight is 534 g/mol. The topological polar surface area (TPSA) is 93.7 Å². The monoisotopic (exact) mass is 533 g/mol. The molecule has 2 aromatic carbocycles. The fraction of sp³-hybridized carbons (Fsp3) is 0.357. The number of carbonyl (C=O) groups excluding carboxylic acids is 2. The van der Waals surface area contributed by atoms with Gasteiger partial charge >= 0.3 is 0 Å². The number of nitrogens with zero attached hydrogens (tertiary/aromatic N) is 5. The van der Waals surface area contributed by atoms with Crippen LogP contribution < -0.4 is 9.64 Å². The maximum absolute atomic E-state index is 13.6. The van der Waals surface area contributed by atoms with Gasteiger partial charge in [-0.05, 0) is 12.0 Å². The van der Waals surface area contributed by atoms with Gasteiger partial charge in [-0.1, -0.05) is 62.7 Å². The van der Waals surface area contributed by atoms with Gasteiger partial charge in [0, 0.05) is 36.7 Å². The Morgan fingerprint density at radius 2 is 1.89 bits per heavy atom. The Balaban J connectivity index is 1.28. The van der Waals surface area contributed by atoms with Crippen molar-refractivity contribution < 1.29 is 18.7 Å². The summed E-state index contributed by atoms with van der Waals surface area (Å²) >= 11 is 6.62. The van der Waals surface area contributed by atoms with Gasteiger partial charge in [0.15, 0.2) is 11.3 Å². The molecule has 2 amide bonds. The van der Waals surface area contributed by atoms with E-state index in [2.05, 4.69) is 10.1 Å². The molecule has 6 rings (SSSR count). The average Bonchev–Trinajstić information content (AvgIpc) is 3.43. The zero-order valence-electron chi connectivity index (χ0n) is 21.7. The Labute approximate surface area is 224 Å². The molecule has 0 unspecified atom stereocenters. The lowest BCUT2D eigenvalue weighted by molar-refractivity contribution is -0.123. The van der Waals surface area contributed by atoms with E-state index >= 15 is 0 Å². The summed E-state index contributed by atoms with van der Waals surface area (Å²) in [6, 6.07) is 12.6. The number of aromatic nitrogens is 3.